The van der Waals surface area contributed by atoms with E-state index >= 15 is 0 Å². The zero-order valence-corrected chi connectivity index (χ0v) is 14.2. The second-order valence-electron chi connectivity index (χ2n) is 5.68. The normalized spacial score (nSPS) is 17.4. The van der Waals surface area contributed by atoms with E-state index < -0.39 is 0 Å². The molecular formula is C16H14ClN5OS. The third-order valence-corrected chi connectivity index (χ3v) is 5.55. The summed E-state index contributed by atoms with van der Waals surface area (Å²) in [6, 6.07) is 7.53. The summed E-state index contributed by atoms with van der Waals surface area (Å²) >= 11 is 7.60. The maximum Gasteiger partial charge on any atom is 0.271 e. The summed E-state index contributed by atoms with van der Waals surface area (Å²) in [5.74, 6) is 0.333. The summed E-state index contributed by atoms with van der Waals surface area (Å²) in [7, 11) is 0. The number of aromatic amines is 1. The Kier molecular flexibility index (Phi) is 4.03. The summed E-state index contributed by atoms with van der Waals surface area (Å²) in [6.07, 6.45) is 4.18. The molecule has 1 saturated heterocycles. The van der Waals surface area contributed by atoms with E-state index in [1.165, 1.54) is 4.88 Å². The molecule has 1 amide bonds. The fourth-order valence-electron chi connectivity index (χ4n) is 2.92. The molecule has 1 aliphatic rings. The zero-order chi connectivity index (χ0) is 16.5. The smallest absolute Gasteiger partial charge is 0.271 e. The number of carbonyl (C=O) groups is 1. The van der Waals surface area contributed by atoms with E-state index in [1.807, 2.05) is 17.0 Å². The number of H-pyrrole nitrogens is 1. The van der Waals surface area contributed by atoms with Gasteiger partial charge in [0, 0.05) is 29.4 Å². The molecule has 0 aromatic carbocycles. The van der Waals surface area contributed by atoms with Gasteiger partial charge in [-0.05, 0) is 30.7 Å². The number of thiophene rings is 1. The van der Waals surface area contributed by atoms with E-state index in [0.29, 0.717) is 23.9 Å². The standard InChI is InChI=1S/C16H14ClN5OS/c17-15-2-1-14(24-15)11-4-6-22(9-11)16(23)13-7-12(20-21-13)10-3-5-18-19-8-10/h1-3,5,7-8,11H,4,6,9H2,(H,20,21). The van der Waals surface area contributed by atoms with Gasteiger partial charge in [0.05, 0.1) is 22.4 Å². The first-order chi connectivity index (χ1) is 11.7. The molecule has 1 N–H and O–H groups in total. The molecule has 1 aliphatic heterocycles. The van der Waals surface area contributed by atoms with Gasteiger partial charge in [0.25, 0.3) is 5.91 Å². The molecule has 0 spiro atoms. The molecule has 0 aliphatic carbocycles. The fraction of sp³-hybridized carbons (Fsp3) is 0.250. The van der Waals surface area contributed by atoms with Gasteiger partial charge < -0.3 is 4.90 Å². The van der Waals surface area contributed by atoms with Gasteiger partial charge in [-0.2, -0.15) is 15.3 Å². The number of halogens is 1. The lowest BCUT2D eigenvalue weighted by atomic mass is 10.1. The quantitative estimate of drug-likeness (QED) is 0.779. The SMILES string of the molecule is O=C(c1cc(-c2ccnnc2)n[nH]1)N1CCC(c2ccc(Cl)s2)C1. The highest BCUT2D eigenvalue weighted by Gasteiger charge is 2.29. The summed E-state index contributed by atoms with van der Waals surface area (Å²) in [6.45, 7) is 1.45. The Labute approximate surface area is 147 Å². The Bertz CT molecular complexity index is 862. The average molecular weight is 360 g/mol. The number of nitrogens with zero attached hydrogens (tertiary/aromatic N) is 4. The van der Waals surface area contributed by atoms with Crippen LogP contribution in [0.25, 0.3) is 11.3 Å². The van der Waals surface area contributed by atoms with Gasteiger partial charge in [0.1, 0.15) is 5.69 Å². The summed E-state index contributed by atoms with van der Waals surface area (Å²) in [5, 5.41) is 14.6. The maximum atomic E-state index is 12.7. The van der Waals surface area contributed by atoms with Gasteiger partial charge in [-0.25, -0.2) is 0 Å². The van der Waals surface area contributed by atoms with Crippen LogP contribution in [0.2, 0.25) is 4.34 Å². The third kappa shape index (κ3) is 2.92. The second kappa shape index (κ2) is 6.33. The van der Waals surface area contributed by atoms with E-state index in [-0.39, 0.29) is 5.91 Å². The van der Waals surface area contributed by atoms with Crippen LogP contribution in [-0.4, -0.2) is 44.3 Å². The van der Waals surface area contributed by atoms with Crippen molar-refractivity contribution in [1.29, 1.82) is 0 Å². The molecule has 122 valence electrons. The Morgan fingerprint density at radius 2 is 2.25 bits per heavy atom. The predicted octanol–water partition coefficient (Wildman–Crippen LogP) is 3.21. The molecule has 24 heavy (non-hydrogen) atoms. The molecule has 1 unspecified atom stereocenters. The van der Waals surface area contributed by atoms with E-state index in [9.17, 15) is 4.79 Å². The monoisotopic (exact) mass is 359 g/mol. The highest BCUT2D eigenvalue weighted by molar-refractivity contribution is 7.16. The van der Waals surface area contributed by atoms with E-state index in [0.717, 1.165) is 22.9 Å². The first-order valence-electron chi connectivity index (χ1n) is 7.57. The number of hydrogen-bond donors (Lipinski definition) is 1. The molecule has 0 saturated carbocycles. The predicted molar refractivity (Wildman–Crippen MR) is 92.2 cm³/mol. The molecule has 4 heterocycles. The van der Waals surface area contributed by atoms with Gasteiger partial charge >= 0.3 is 0 Å². The molecule has 6 nitrogen and oxygen atoms in total. The minimum absolute atomic E-state index is 0.0269. The highest BCUT2D eigenvalue weighted by atomic mass is 35.5. The van der Waals surface area contributed by atoms with Crippen LogP contribution in [0.15, 0.2) is 36.7 Å². The molecule has 3 aromatic rings. The Morgan fingerprint density at radius 3 is 3.00 bits per heavy atom. The van der Waals surface area contributed by atoms with Gasteiger partial charge in [0.2, 0.25) is 0 Å². The highest BCUT2D eigenvalue weighted by Crippen LogP contribution is 2.34. The van der Waals surface area contributed by atoms with Crippen LogP contribution in [0.5, 0.6) is 0 Å². The largest absolute Gasteiger partial charge is 0.337 e. The number of amides is 1. The second-order valence-corrected chi connectivity index (χ2v) is 7.42. The van der Waals surface area contributed by atoms with Gasteiger partial charge in [-0.1, -0.05) is 11.6 Å². The van der Waals surface area contributed by atoms with Crippen molar-refractivity contribution < 1.29 is 4.79 Å². The van der Waals surface area contributed by atoms with Crippen LogP contribution in [0.1, 0.15) is 27.7 Å². The van der Waals surface area contributed by atoms with Crippen molar-refractivity contribution in [2.75, 3.05) is 13.1 Å². The average Bonchev–Trinajstić information content (AvgIpc) is 3.35. The van der Waals surface area contributed by atoms with E-state index in [2.05, 4.69) is 26.5 Å². The van der Waals surface area contributed by atoms with Crippen molar-refractivity contribution in [3.05, 3.63) is 51.6 Å². The maximum absolute atomic E-state index is 12.7. The topological polar surface area (TPSA) is 74.8 Å². The molecule has 4 rings (SSSR count). The zero-order valence-electron chi connectivity index (χ0n) is 12.6. The minimum Gasteiger partial charge on any atom is -0.337 e. The van der Waals surface area contributed by atoms with Gasteiger partial charge in [-0.3, -0.25) is 9.89 Å². The van der Waals surface area contributed by atoms with Crippen LogP contribution in [-0.2, 0) is 0 Å². The van der Waals surface area contributed by atoms with Crippen molar-refractivity contribution >= 4 is 28.8 Å². The van der Waals surface area contributed by atoms with Crippen molar-refractivity contribution in [3.8, 4) is 11.3 Å². The van der Waals surface area contributed by atoms with Crippen molar-refractivity contribution in [2.24, 2.45) is 0 Å². The molecule has 1 atom stereocenters. The van der Waals surface area contributed by atoms with Gasteiger partial charge in [-0.15, -0.1) is 11.3 Å². The number of nitrogens with one attached hydrogen (secondary N) is 1. The third-order valence-electron chi connectivity index (χ3n) is 4.16. The van der Waals surface area contributed by atoms with Crippen LogP contribution in [0.4, 0.5) is 0 Å². The van der Waals surface area contributed by atoms with E-state index in [4.69, 9.17) is 11.6 Å². The summed E-state index contributed by atoms with van der Waals surface area (Å²) in [5.41, 5.74) is 2.01. The van der Waals surface area contributed by atoms with Crippen molar-refractivity contribution in [2.45, 2.75) is 12.3 Å². The molecule has 8 heteroatoms. The number of likely N-dealkylation sites (tertiary alicyclic amines) is 1. The van der Waals surface area contributed by atoms with E-state index in [1.54, 1.807) is 29.8 Å². The van der Waals surface area contributed by atoms with Crippen molar-refractivity contribution in [1.82, 2.24) is 25.3 Å². The fourth-order valence-corrected chi connectivity index (χ4v) is 4.10. The summed E-state index contributed by atoms with van der Waals surface area (Å²) < 4.78 is 0.791. The number of aromatic nitrogens is 4. The lowest BCUT2D eigenvalue weighted by Gasteiger charge is -2.14. The Morgan fingerprint density at radius 1 is 1.33 bits per heavy atom. The lowest BCUT2D eigenvalue weighted by Crippen LogP contribution is -2.28. The van der Waals surface area contributed by atoms with Crippen molar-refractivity contribution in [3.63, 3.8) is 0 Å². The molecule has 0 bridgehead atoms. The first kappa shape index (κ1) is 15.3. The Hall–Kier alpha value is -2.25. The molecule has 3 aromatic heterocycles. The van der Waals surface area contributed by atoms with Gasteiger partial charge in [0.15, 0.2) is 0 Å². The Balaban J connectivity index is 1.48. The molecular weight excluding hydrogens is 346 g/mol. The molecule has 1 fully saturated rings. The number of carbonyl (C=O) groups excluding carboxylic acids is 1. The minimum atomic E-state index is -0.0269. The lowest BCUT2D eigenvalue weighted by molar-refractivity contribution is 0.0785. The van der Waals surface area contributed by atoms with Crippen LogP contribution < -0.4 is 0 Å². The number of hydrogen-bond acceptors (Lipinski definition) is 5. The molecule has 0 radical (unpaired) electrons. The number of rotatable bonds is 3. The van der Waals surface area contributed by atoms with Crippen LogP contribution >= 0.6 is 22.9 Å². The van der Waals surface area contributed by atoms with Crippen LogP contribution in [0.3, 0.4) is 0 Å². The first-order valence-corrected chi connectivity index (χ1v) is 8.77. The summed E-state index contributed by atoms with van der Waals surface area (Å²) in [4.78, 5) is 15.8. The van der Waals surface area contributed by atoms with Crippen LogP contribution in [0, 0.1) is 0 Å².